The van der Waals surface area contributed by atoms with Crippen LogP contribution in [0.4, 0.5) is 10.5 Å². The van der Waals surface area contributed by atoms with E-state index in [0.717, 1.165) is 5.56 Å². The van der Waals surface area contributed by atoms with Crippen LogP contribution in [-0.4, -0.2) is 48.3 Å². The number of nitrogens with one attached hydrogen (secondary N) is 1. The number of carbonyl (C=O) groups excluding carboxylic acids is 1. The van der Waals surface area contributed by atoms with Crippen LogP contribution in [0.25, 0.3) is 0 Å². The molecule has 0 heterocycles. The molecule has 116 valence electrons. The summed E-state index contributed by atoms with van der Waals surface area (Å²) in [5.74, 6) is -1.02. The Morgan fingerprint density at radius 3 is 2.62 bits per heavy atom. The predicted octanol–water partition coefficient (Wildman–Crippen LogP) is 2.58. The number of ether oxygens (including phenoxy) is 1. The highest BCUT2D eigenvalue weighted by Gasteiger charge is 2.14. The largest absolute Gasteiger partial charge is 0.478 e. The third-order valence-electron chi connectivity index (χ3n) is 3.10. The van der Waals surface area contributed by atoms with Crippen LogP contribution in [-0.2, 0) is 4.74 Å². The van der Waals surface area contributed by atoms with Crippen LogP contribution in [0.5, 0.6) is 0 Å². The molecule has 1 aromatic carbocycles. The van der Waals surface area contributed by atoms with Gasteiger partial charge in [0.25, 0.3) is 0 Å². The number of nitrogens with zero attached hydrogens (tertiary/aromatic N) is 1. The van der Waals surface area contributed by atoms with E-state index in [1.165, 1.54) is 12.1 Å². The van der Waals surface area contributed by atoms with Gasteiger partial charge in [-0.3, -0.25) is 0 Å². The highest BCUT2D eigenvalue weighted by molar-refractivity contribution is 5.94. The van der Waals surface area contributed by atoms with Gasteiger partial charge in [-0.15, -0.1) is 0 Å². The van der Waals surface area contributed by atoms with Gasteiger partial charge in [-0.1, -0.05) is 6.07 Å². The minimum absolute atomic E-state index is 0.147. The van der Waals surface area contributed by atoms with Crippen LogP contribution < -0.4 is 5.32 Å². The third-order valence-corrected chi connectivity index (χ3v) is 3.10. The van der Waals surface area contributed by atoms with Gasteiger partial charge in [0.05, 0.1) is 12.2 Å². The summed E-state index contributed by atoms with van der Waals surface area (Å²) in [4.78, 5) is 24.8. The first kappa shape index (κ1) is 17.0. The van der Waals surface area contributed by atoms with Crippen LogP contribution in [0.15, 0.2) is 18.2 Å². The molecule has 6 nitrogen and oxygen atoms in total. The zero-order chi connectivity index (χ0) is 15.8. The van der Waals surface area contributed by atoms with Crippen molar-refractivity contribution < 1.29 is 19.4 Å². The molecule has 2 amide bonds. The Balaban J connectivity index is 2.76. The summed E-state index contributed by atoms with van der Waals surface area (Å²) in [5, 5.41) is 11.7. The topological polar surface area (TPSA) is 78.9 Å². The molecule has 0 aliphatic heterocycles. The van der Waals surface area contributed by atoms with Crippen molar-refractivity contribution in [3.63, 3.8) is 0 Å². The van der Waals surface area contributed by atoms with Gasteiger partial charge < -0.3 is 20.1 Å². The molecular formula is C15H22N2O4. The lowest BCUT2D eigenvalue weighted by Gasteiger charge is -2.22. The summed E-state index contributed by atoms with van der Waals surface area (Å²) in [6.07, 6.45) is 0. The molecule has 0 saturated heterocycles. The van der Waals surface area contributed by atoms with Crippen LogP contribution in [0, 0.1) is 6.92 Å². The van der Waals surface area contributed by atoms with E-state index in [2.05, 4.69) is 5.32 Å². The Hall–Kier alpha value is -2.08. The van der Waals surface area contributed by atoms with Crippen molar-refractivity contribution in [3.8, 4) is 0 Å². The summed E-state index contributed by atoms with van der Waals surface area (Å²) in [5.41, 5.74) is 1.47. The molecule has 0 bridgehead atoms. The number of benzene rings is 1. The van der Waals surface area contributed by atoms with Gasteiger partial charge in [0.15, 0.2) is 0 Å². The average molecular weight is 294 g/mol. The fourth-order valence-electron chi connectivity index (χ4n) is 1.81. The first-order chi connectivity index (χ1) is 9.99. The van der Waals surface area contributed by atoms with Crippen molar-refractivity contribution in [2.45, 2.75) is 20.8 Å². The molecule has 21 heavy (non-hydrogen) atoms. The van der Waals surface area contributed by atoms with E-state index < -0.39 is 5.97 Å². The molecular weight excluding hydrogens is 272 g/mol. The van der Waals surface area contributed by atoms with Gasteiger partial charge in [-0.25, -0.2) is 9.59 Å². The van der Waals surface area contributed by atoms with Crippen molar-refractivity contribution in [2.24, 2.45) is 0 Å². The Morgan fingerprint density at radius 2 is 2.05 bits per heavy atom. The fraction of sp³-hybridized carbons (Fsp3) is 0.467. The normalized spacial score (nSPS) is 10.2. The number of hydrogen-bond donors (Lipinski definition) is 2. The van der Waals surface area contributed by atoms with E-state index >= 15 is 0 Å². The molecule has 0 radical (unpaired) electrons. The van der Waals surface area contributed by atoms with Crippen molar-refractivity contribution in [1.29, 1.82) is 0 Å². The minimum Gasteiger partial charge on any atom is -0.478 e. The number of aromatic carboxylic acids is 1. The first-order valence-corrected chi connectivity index (χ1v) is 6.97. The van der Waals surface area contributed by atoms with E-state index in [-0.39, 0.29) is 11.6 Å². The van der Waals surface area contributed by atoms with E-state index in [1.54, 1.807) is 11.0 Å². The number of hydrogen-bond acceptors (Lipinski definition) is 3. The Bertz CT molecular complexity index is 502. The summed E-state index contributed by atoms with van der Waals surface area (Å²) in [7, 11) is 0. The number of urea groups is 1. The number of carboxylic acids is 1. The van der Waals surface area contributed by atoms with Crippen LogP contribution >= 0.6 is 0 Å². The summed E-state index contributed by atoms with van der Waals surface area (Å²) in [6, 6.07) is 4.39. The summed E-state index contributed by atoms with van der Waals surface area (Å²) < 4.78 is 5.24. The van der Waals surface area contributed by atoms with Gasteiger partial charge in [-0.05, 0) is 38.5 Å². The van der Waals surface area contributed by atoms with Crippen molar-refractivity contribution in [2.75, 3.05) is 31.6 Å². The zero-order valence-corrected chi connectivity index (χ0v) is 12.7. The maximum Gasteiger partial charge on any atom is 0.335 e. The second kappa shape index (κ2) is 8.26. The molecule has 0 unspecified atom stereocenters. The van der Waals surface area contributed by atoms with Crippen LogP contribution in [0.2, 0.25) is 0 Å². The molecule has 0 aliphatic carbocycles. The predicted molar refractivity (Wildman–Crippen MR) is 80.9 cm³/mol. The van der Waals surface area contributed by atoms with Crippen molar-refractivity contribution in [1.82, 2.24) is 4.90 Å². The second-order valence-corrected chi connectivity index (χ2v) is 4.54. The molecule has 0 spiro atoms. The third kappa shape index (κ3) is 5.07. The van der Waals surface area contributed by atoms with Crippen molar-refractivity contribution in [3.05, 3.63) is 29.3 Å². The number of anilines is 1. The SMILES string of the molecule is CCOCCN(CC)C(=O)Nc1cc(C(=O)O)ccc1C. The standard InChI is InChI=1S/C15H22N2O4/c1-4-17(8-9-21-5-2)15(20)16-13-10-12(14(18)19)7-6-11(13)3/h6-7,10H,4-5,8-9H2,1-3H3,(H,16,20)(H,18,19). The van der Waals surface area contributed by atoms with E-state index in [9.17, 15) is 9.59 Å². The van der Waals surface area contributed by atoms with Crippen LogP contribution in [0.3, 0.4) is 0 Å². The minimum atomic E-state index is -1.02. The fourth-order valence-corrected chi connectivity index (χ4v) is 1.81. The lowest BCUT2D eigenvalue weighted by atomic mass is 10.1. The highest BCUT2D eigenvalue weighted by Crippen LogP contribution is 2.17. The quantitative estimate of drug-likeness (QED) is 0.758. The molecule has 1 rings (SSSR count). The van der Waals surface area contributed by atoms with E-state index in [4.69, 9.17) is 9.84 Å². The first-order valence-electron chi connectivity index (χ1n) is 6.97. The second-order valence-electron chi connectivity index (χ2n) is 4.54. The molecule has 0 aromatic heterocycles. The number of amides is 2. The maximum atomic E-state index is 12.2. The summed E-state index contributed by atoms with van der Waals surface area (Å²) in [6.45, 7) is 7.73. The molecule has 0 saturated carbocycles. The van der Waals surface area contributed by atoms with Gasteiger partial charge in [0.1, 0.15) is 0 Å². The van der Waals surface area contributed by atoms with Crippen LogP contribution in [0.1, 0.15) is 29.8 Å². The Kier molecular flexibility index (Phi) is 6.68. The molecule has 0 atom stereocenters. The highest BCUT2D eigenvalue weighted by atomic mass is 16.5. The van der Waals surface area contributed by atoms with Gasteiger partial charge >= 0.3 is 12.0 Å². The molecule has 1 aromatic rings. The monoisotopic (exact) mass is 294 g/mol. The lowest BCUT2D eigenvalue weighted by molar-refractivity contribution is 0.0697. The zero-order valence-electron chi connectivity index (χ0n) is 12.7. The number of rotatable bonds is 7. The molecule has 6 heteroatoms. The van der Waals surface area contributed by atoms with Gasteiger partial charge in [0.2, 0.25) is 0 Å². The number of carboxylic acid groups (broad SMARTS) is 1. The molecule has 2 N–H and O–H groups in total. The number of aryl methyl sites for hydroxylation is 1. The van der Waals surface area contributed by atoms with Gasteiger partial charge in [0, 0.05) is 25.4 Å². The Labute approximate surface area is 124 Å². The van der Waals surface area contributed by atoms with E-state index in [1.807, 2.05) is 20.8 Å². The van der Waals surface area contributed by atoms with Gasteiger partial charge in [-0.2, -0.15) is 0 Å². The molecule has 0 aliphatic rings. The van der Waals surface area contributed by atoms with Crippen molar-refractivity contribution >= 4 is 17.7 Å². The maximum absolute atomic E-state index is 12.2. The average Bonchev–Trinajstić information content (AvgIpc) is 2.45. The van der Waals surface area contributed by atoms with E-state index in [0.29, 0.717) is 32.0 Å². The Morgan fingerprint density at radius 1 is 1.33 bits per heavy atom. The summed E-state index contributed by atoms with van der Waals surface area (Å²) >= 11 is 0. The number of likely N-dealkylation sites (N-methyl/N-ethyl adjacent to an activating group) is 1. The number of carbonyl (C=O) groups is 2. The lowest BCUT2D eigenvalue weighted by Crippen LogP contribution is -2.37. The smallest absolute Gasteiger partial charge is 0.335 e. The molecule has 0 fully saturated rings.